The van der Waals surface area contributed by atoms with Crippen LogP contribution in [-0.4, -0.2) is 16.2 Å². The Kier molecular flexibility index (Phi) is 4.08. The van der Waals surface area contributed by atoms with Crippen molar-refractivity contribution in [1.29, 1.82) is 0 Å². The third kappa shape index (κ3) is 3.71. The van der Waals surface area contributed by atoms with Gasteiger partial charge in [0.2, 0.25) is 5.88 Å². The Hall–Kier alpha value is -1.65. The van der Waals surface area contributed by atoms with Crippen LogP contribution in [0.3, 0.4) is 0 Å². The lowest BCUT2D eigenvalue weighted by atomic mass is 10.1. The minimum Gasteiger partial charge on any atom is -0.438 e. The van der Waals surface area contributed by atoms with E-state index in [1.807, 2.05) is 38.1 Å². The van der Waals surface area contributed by atoms with Crippen molar-refractivity contribution < 1.29 is 4.74 Å². The highest BCUT2D eigenvalue weighted by molar-refractivity contribution is 6.32. The summed E-state index contributed by atoms with van der Waals surface area (Å²) in [6.45, 7) is 4.68. The van der Waals surface area contributed by atoms with Crippen LogP contribution in [0.2, 0.25) is 5.02 Å². The number of nitrogens with one attached hydrogen (secondary N) is 1. The Morgan fingerprint density at radius 2 is 1.90 bits per heavy atom. The maximum atomic E-state index is 6.15. The summed E-state index contributed by atoms with van der Waals surface area (Å²) in [4.78, 5) is 0. The highest BCUT2D eigenvalue weighted by Gasteiger charge is 2.20. The summed E-state index contributed by atoms with van der Waals surface area (Å²) in [6, 6.07) is 8.26. The second kappa shape index (κ2) is 6.00. The monoisotopic (exact) mass is 303 g/mol. The van der Waals surface area contributed by atoms with E-state index in [1.54, 1.807) is 0 Å². The first-order valence-corrected chi connectivity index (χ1v) is 7.50. The van der Waals surface area contributed by atoms with Crippen molar-refractivity contribution in [3.05, 3.63) is 46.1 Å². The van der Waals surface area contributed by atoms with Crippen molar-refractivity contribution in [2.75, 3.05) is 0 Å². The molecule has 2 aromatic rings. The molecule has 1 heterocycles. The lowest BCUT2D eigenvalue weighted by Crippen LogP contribution is -2.16. The molecule has 1 aliphatic carbocycles. The molecule has 21 heavy (non-hydrogen) atoms. The molecule has 0 aliphatic heterocycles. The zero-order chi connectivity index (χ0) is 14.8. The number of hydrogen-bond acceptors (Lipinski definition) is 4. The van der Waals surface area contributed by atoms with Crippen LogP contribution < -0.4 is 10.1 Å². The van der Waals surface area contributed by atoms with Crippen molar-refractivity contribution in [3.8, 4) is 11.6 Å². The molecule has 0 saturated heterocycles. The van der Waals surface area contributed by atoms with E-state index in [0.29, 0.717) is 11.9 Å². The van der Waals surface area contributed by atoms with Crippen molar-refractivity contribution in [3.63, 3.8) is 0 Å². The predicted octanol–water partition coefficient (Wildman–Crippen LogP) is 3.79. The Labute approximate surface area is 129 Å². The summed E-state index contributed by atoms with van der Waals surface area (Å²) in [6.07, 6.45) is 2.54. The number of halogens is 1. The van der Waals surface area contributed by atoms with Crippen LogP contribution in [0.25, 0.3) is 0 Å². The van der Waals surface area contributed by atoms with Gasteiger partial charge in [0.05, 0.1) is 5.69 Å². The SMILES string of the molecule is Cc1cc(Oc2ccc(CNC3CC3)nn2)cc(C)c1Cl. The molecular weight excluding hydrogens is 286 g/mol. The van der Waals surface area contributed by atoms with Gasteiger partial charge in [-0.1, -0.05) is 11.6 Å². The van der Waals surface area contributed by atoms with Gasteiger partial charge >= 0.3 is 0 Å². The largest absolute Gasteiger partial charge is 0.438 e. The molecule has 5 heteroatoms. The van der Waals surface area contributed by atoms with Crippen LogP contribution in [0, 0.1) is 13.8 Å². The normalized spacial score (nSPS) is 14.2. The van der Waals surface area contributed by atoms with Crippen molar-refractivity contribution in [2.45, 2.75) is 39.3 Å². The van der Waals surface area contributed by atoms with E-state index in [4.69, 9.17) is 16.3 Å². The van der Waals surface area contributed by atoms with E-state index >= 15 is 0 Å². The van der Waals surface area contributed by atoms with Crippen molar-refractivity contribution >= 4 is 11.6 Å². The summed E-state index contributed by atoms with van der Waals surface area (Å²) in [5, 5.41) is 12.5. The maximum absolute atomic E-state index is 6.15. The highest BCUT2D eigenvalue weighted by Crippen LogP contribution is 2.28. The minimum atomic E-state index is 0.492. The molecule has 1 aromatic carbocycles. The quantitative estimate of drug-likeness (QED) is 0.913. The fourth-order valence-electron chi connectivity index (χ4n) is 2.12. The number of ether oxygens (including phenoxy) is 1. The molecule has 0 spiro atoms. The summed E-state index contributed by atoms with van der Waals surface area (Å²) in [7, 11) is 0. The molecule has 0 radical (unpaired) electrons. The van der Waals surface area contributed by atoms with E-state index in [2.05, 4.69) is 15.5 Å². The van der Waals surface area contributed by atoms with E-state index in [1.165, 1.54) is 12.8 Å². The minimum absolute atomic E-state index is 0.492. The van der Waals surface area contributed by atoms with E-state index < -0.39 is 0 Å². The number of benzene rings is 1. The van der Waals surface area contributed by atoms with Gasteiger partial charge in [-0.25, -0.2) is 0 Å². The molecule has 1 aromatic heterocycles. The van der Waals surface area contributed by atoms with Crippen LogP contribution in [0.15, 0.2) is 24.3 Å². The number of hydrogen-bond donors (Lipinski definition) is 1. The van der Waals surface area contributed by atoms with Gasteiger partial charge in [-0.3, -0.25) is 0 Å². The average Bonchev–Trinajstić information content (AvgIpc) is 3.28. The first-order valence-electron chi connectivity index (χ1n) is 7.12. The van der Waals surface area contributed by atoms with Crippen LogP contribution >= 0.6 is 11.6 Å². The van der Waals surface area contributed by atoms with Gasteiger partial charge in [0.25, 0.3) is 0 Å². The van der Waals surface area contributed by atoms with Gasteiger partial charge in [0.15, 0.2) is 0 Å². The topological polar surface area (TPSA) is 47.0 Å². The smallest absolute Gasteiger partial charge is 0.238 e. The zero-order valence-electron chi connectivity index (χ0n) is 12.2. The second-order valence-corrected chi connectivity index (χ2v) is 5.87. The molecule has 4 nitrogen and oxygen atoms in total. The Morgan fingerprint density at radius 1 is 1.19 bits per heavy atom. The van der Waals surface area contributed by atoms with Gasteiger partial charge in [-0.15, -0.1) is 5.10 Å². The standard InChI is InChI=1S/C16H18ClN3O/c1-10-7-14(8-11(2)16(10)17)21-15-6-5-13(19-20-15)9-18-12-3-4-12/h5-8,12,18H,3-4,9H2,1-2H3. The zero-order valence-corrected chi connectivity index (χ0v) is 12.9. The molecule has 0 atom stereocenters. The highest BCUT2D eigenvalue weighted by atomic mass is 35.5. The second-order valence-electron chi connectivity index (χ2n) is 5.49. The first kappa shape index (κ1) is 14.3. The molecule has 1 N–H and O–H groups in total. The van der Waals surface area contributed by atoms with Crippen molar-refractivity contribution in [2.24, 2.45) is 0 Å². The Balaban J connectivity index is 1.66. The van der Waals surface area contributed by atoms with Crippen LogP contribution in [0.1, 0.15) is 29.7 Å². The summed E-state index contributed by atoms with van der Waals surface area (Å²) < 4.78 is 5.74. The van der Waals surface area contributed by atoms with Gasteiger partial charge in [-0.2, -0.15) is 5.10 Å². The molecule has 0 amide bonds. The molecule has 1 saturated carbocycles. The lowest BCUT2D eigenvalue weighted by Gasteiger charge is -2.09. The summed E-state index contributed by atoms with van der Waals surface area (Å²) in [5.41, 5.74) is 2.91. The number of nitrogens with zero attached hydrogens (tertiary/aromatic N) is 2. The van der Waals surface area contributed by atoms with Crippen molar-refractivity contribution in [1.82, 2.24) is 15.5 Å². The van der Waals surface area contributed by atoms with Crippen LogP contribution in [0.4, 0.5) is 0 Å². The summed E-state index contributed by atoms with van der Waals surface area (Å²) in [5.74, 6) is 1.22. The van der Waals surface area contributed by atoms with Crippen LogP contribution in [0.5, 0.6) is 11.6 Å². The van der Waals surface area contributed by atoms with Crippen LogP contribution in [-0.2, 0) is 6.54 Å². The third-order valence-corrected chi connectivity index (χ3v) is 4.07. The third-order valence-electron chi connectivity index (χ3n) is 3.48. The number of rotatable bonds is 5. The van der Waals surface area contributed by atoms with Gasteiger partial charge in [0, 0.05) is 23.7 Å². The van der Waals surface area contributed by atoms with Gasteiger partial charge in [-0.05, 0) is 56.0 Å². The Morgan fingerprint density at radius 3 is 2.48 bits per heavy atom. The molecule has 110 valence electrons. The number of aryl methyl sites for hydroxylation is 2. The van der Waals surface area contributed by atoms with E-state index in [-0.39, 0.29) is 0 Å². The fraction of sp³-hybridized carbons (Fsp3) is 0.375. The molecule has 1 fully saturated rings. The summed E-state index contributed by atoms with van der Waals surface area (Å²) >= 11 is 6.15. The average molecular weight is 304 g/mol. The molecule has 0 bridgehead atoms. The fourth-order valence-corrected chi connectivity index (χ4v) is 2.23. The van der Waals surface area contributed by atoms with Gasteiger partial charge < -0.3 is 10.1 Å². The van der Waals surface area contributed by atoms with E-state index in [9.17, 15) is 0 Å². The lowest BCUT2D eigenvalue weighted by molar-refractivity contribution is 0.452. The predicted molar refractivity (Wildman–Crippen MR) is 82.9 cm³/mol. The molecular formula is C16H18ClN3O. The number of aromatic nitrogens is 2. The van der Waals surface area contributed by atoms with E-state index in [0.717, 1.165) is 34.1 Å². The molecule has 0 unspecified atom stereocenters. The first-order chi connectivity index (χ1) is 10.1. The van der Waals surface area contributed by atoms with Gasteiger partial charge in [0.1, 0.15) is 5.75 Å². The maximum Gasteiger partial charge on any atom is 0.238 e. The molecule has 3 rings (SSSR count). The Bertz CT molecular complexity index is 615. The molecule has 1 aliphatic rings.